The molecule has 2 aromatic heterocycles. The van der Waals surface area contributed by atoms with E-state index < -0.39 is 18.5 Å². The number of hydrogen-bond acceptors (Lipinski definition) is 4. The van der Waals surface area contributed by atoms with E-state index in [4.69, 9.17) is 0 Å². The standard InChI is InChI=1S/C14H18F3N5O/c1-7-4-9(5-14(15,16)17)8(2)22(7)13-19-11-10(12(23)20-13)6-18-21(11)3/h6-9H,4-5H2,1-3H3,(H,19,20,23)/t7-,8+,9?/m1/s1. The van der Waals surface area contributed by atoms with Crippen LogP contribution in [0.2, 0.25) is 0 Å². The molecule has 0 amide bonds. The number of nitrogens with one attached hydrogen (secondary N) is 1. The fourth-order valence-electron chi connectivity index (χ4n) is 3.47. The van der Waals surface area contributed by atoms with Gasteiger partial charge in [-0.25, -0.2) is 0 Å². The van der Waals surface area contributed by atoms with Gasteiger partial charge in [-0.1, -0.05) is 0 Å². The Kier molecular flexibility index (Phi) is 3.61. The number of anilines is 1. The maximum atomic E-state index is 12.7. The zero-order chi connectivity index (χ0) is 16.9. The molecule has 1 saturated heterocycles. The van der Waals surface area contributed by atoms with Gasteiger partial charge in [0, 0.05) is 25.6 Å². The Morgan fingerprint density at radius 2 is 2.09 bits per heavy atom. The number of aromatic nitrogens is 4. The molecule has 3 heterocycles. The Morgan fingerprint density at radius 1 is 1.39 bits per heavy atom. The lowest BCUT2D eigenvalue weighted by molar-refractivity contribution is -0.144. The summed E-state index contributed by atoms with van der Waals surface area (Å²) in [6.45, 7) is 3.59. The molecule has 23 heavy (non-hydrogen) atoms. The van der Waals surface area contributed by atoms with Crippen molar-refractivity contribution in [3.63, 3.8) is 0 Å². The maximum Gasteiger partial charge on any atom is 0.389 e. The first-order chi connectivity index (χ1) is 10.7. The normalized spacial score (nSPS) is 25.5. The van der Waals surface area contributed by atoms with E-state index in [1.807, 2.05) is 6.92 Å². The molecule has 1 aliphatic heterocycles. The smallest absolute Gasteiger partial charge is 0.337 e. The van der Waals surface area contributed by atoms with E-state index in [0.717, 1.165) is 0 Å². The van der Waals surface area contributed by atoms with Crippen LogP contribution in [-0.4, -0.2) is 38.0 Å². The molecule has 1 unspecified atom stereocenters. The number of halogens is 3. The van der Waals surface area contributed by atoms with Crippen molar-refractivity contribution < 1.29 is 13.2 Å². The third kappa shape index (κ3) is 2.79. The van der Waals surface area contributed by atoms with E-state index in [1.54, 1.807) is 18.9 Å². The SMILES string of the molecule is C[C@@H]1CC(CC(F)(F)F)[C@H](C)N1c1nc2c(cnn2C)c(=O)[nH]1. The first-order valence-corrected chi connectivity index (χ1v) is 7.44. The van der Waals surface area contributed by atoms with Gasteiger partial charge in [0.1, 0.15) is 5.39 Å². The number of alkyl halides is 3. The number of rotatable bonds is 2. The minimum absolute atomic E-state index is 0.133. The summed E-state index contributed by atoms with van der Waals surface area (Å²) in [5.41, 5.74) is 0.0826. The average molecular weight is 329 g/mol. The van der Waals surface area contributed by atoms with Gasteiger partial charge in [-0.05, 0) is 26.2 Å². The van der Waals surface area contributed by atoms with Crippen LogP contribution in [0.1, 0.15) is 26.7 Å². The molecule has 0 aromatic carbocycles. The summed E-state index contributed by atoms with van der Waals surface area (Å²) < 4.78 is 39.6. The summed E-state index contributed by atoms with van der Waals surface area (Å²) in [5, 5.41) is 4.36. The van der Waals surface area contributed by atoms with Gasteiger partial charge in [0.2, 0.25) is 5.95 Å². The molecular formula is C14H18F3N5O. The summed E-state index contributed by atoms with van der Waals surface area (Å²) in [6, 6.07) is -0.494. The maximum absolute atomic E-state index is 12.7. The molecule has 1 aliphatic rings. The highest BCUT2D eigenvalue weighted by molar-refractivity contribution is 5.74. The molecule has 0 radical (unpaired) electrons. The van der Waals surface area contributed by atoms with Crippen LogP contribution >= 0.6 is 0 Å². The summed E-state index contributed by atoms with van der Waals surface area (Å²) in [5.74, 6) is -0.215. The zero-order valence-corrected chi connectivity index (χ0v) is 13.1. The fourth-order valence-corrected chi connectivity index (χ4v) is 3.47. The molecule has 0 spiro atoms. The van der Waals surface area contributed by atoms with E-state index >= 15 is 0 Å². The second kappa shape index (κ2) is 5.24. The topological polar surface area (TPSA) is 66.8 Å². The monoisotopic (exact) mass is 329 g/mol. The molecule has 1 N–H and O–H groups in total. The highest BCUT2D eigenvalue weighted by atomic mass is 19.4. The van der Waals surface area contributed by atoms with Gasteiger partial charge in [-0.15, -0.1) is 0 Å². The van der Waals surface area contributed by atoms with E-state index in [2.05, 4.69) is 15.1 Å². The lowest BCUT2D eigenvalue weighted by Crippen LogP contribution is -2.37. The van der Waals surface area contributed by atoms with E-state index in [9.17, 15) is 18.0 Å². The lowest BCUT2D eigenvalue weighted by Gasteiger charge is -2.28. The molecule has 1 fully saturated rings. The number of fused-ring (bicyclic) bond motifs is 1. The van der Waals surface area contributed by atoms with Crippen LogP contribution in [0.5, 0.6) is 0 Å². The largest absolute Gasteiger partial charge is 0.389 e. The molecule has 3 rings (SSSR count). The number of hydrogen-bond donors (Lipinski definition) is 1. The van der Waals surface area contributed by atoms with Crippen LogP contribution < -0.4 is 10.5 Å². The Morgan fingerprint density at radius 3 is 2.74 bits per heavy atom. The third-order valence-electron chi connectivity index (χ3n) is 4.57. The Balaban J connectivity index is 1.98. The first kappa shape index (κ1) is 15.8. The highest BCUT2D eigenvalue weighted by Gasteiger charge is 2.43. The van der Waals surface area contributed by atoms with E-state index in [-0.39, 0.29) is 17.6 Å². The summed E-state index contributed by atoms with van der Waals surface area (Å²) in [4.78, 5) is 21.0. The van der Waals surface area contributed by atoms with Crippen LogP contribution in [0.15, 0.2) is 11.0 Å². The Labute approximate surface area is 130 Å². The van der Waals surface area contributed by atoms with Crippen molar-refractivity contribution in [3.05, 3.63) is 16.6 Å². The van der Waals surface area contributed by atoms with Crippen molar-refractivity contribution in [2.45, 2.75) is 44.9 Å². The van der Waals surface area contributed by atoms with Crippen molar-refractivity contribution in [1.82, 2.24) is 19.7 Å². The van der Waals surface area contributed by atoms with Gasteiger partial charge in [0.25, 0.3) is 5.56 Å². The molecule has 2 aromatic rings. The predicted molar refractivity (Wildman–Crippen MR) is 79.3 cm³/mol. The van der Waals surface area contributed by atoms with Crippen molar-refractivity contribution in [2.75, 3.05) is 4.90 Å². The van der Waals surface area contributed by atoms with Gasteiger partial charge in [-0.3, -0.25) is 14.5 Å². The van der Waals surface area contributed by atoms with Gasteiger partial charge in [0.05, 0.1) is 6.20 Å². The molecule has 9 heteroatoms. The van der Waals surface area contributed by atoms with E-state index in [1.165, 1.54) is 10.9 Å². The van der Waals surface area contributed by atoms with Gasteiger partial charge in [0.15, 0.2) is 5.65 Å². The number of aromatic amines is 1. The molecule has 126 valence electrons. The third-order valence-corrected chi connectivity index (χ3v) is 4.57. The average Bonchev–Trinajstić information content (AvgIpc) is 2.90. The zero-order valence-electron chi connectivity index (χ0n) is 13.1. The van der Waals surface area contributed by atoms with Crippen LogP contribution in [0.4, 0.5) is 19.1 Å². The first-order valence-electron chi connectivity index (χ1n) is 7.44. The van der Waals surface area contributed by atoms with Crippen LogP contribution in [0, 0.1) is 5.92 Å². The van der Waals surface area contributed by atoms with Crippen LogP contribution in [-0.2, 0) is 7.05 Å². The lowest BCUT2D eigenvalue weighted by atomic mass is 9.96. The molecule has 3 atom stereocenters. The summed E-state index contributed by atoms with van der Waals surface area (Å²) >= 11 is 0. The number of nitrogens with zero attached hydrogens (tertiary/aromatic N) is 4. The molecule has 0 aliphatic carbocycles. The van der Waals surface area contributed by atoms with Gasteiger partial charge < -0.3 is 4.90 Å². The predicted octanol–water partition coefficient (Wildman–Crippen LogP) is 2.21. The Bertz CT molecular complexity index is 781. The molecule has 0 bridgehead atoms. The molecule has 0 saturated carbocycles. The van der Waals surface area contributed by atoms with Crippen molar-refractivity contribution in [3.8, 4) is 0 Å². The Hall–Kier alpha value is -2.06. The quantitative estimate of drug-likeness (QED) is 0.917. The van der Waals surface area contributed by atoms with E-state index in [0.29, 0.717) is 23.4 Å². The minimum atomic E-state index is -4.19. The summed E-state index contributed by atoms with van der Waals surface area (Å²) in [7, 11) is 1.67. The second-order valence-electron chi connectivity index (χ2n) is 6.21. The fraction of sp³-hybridized carbons (Fsp3) is 0.643. The van der Waals surface area contributed by atoms with Gasteiger partial charge >= 0.3 is 6.18 Å². The van der Waals surface area contributed by atoms with Crippen molar-refractivity contribution in [1.29, 1.82) is 0 Å². The number of H-pyrrole nitrogens is 1. The minimum Gasteiger partial charge on any atom is -0.337 e. The van der Waals surface area contributed by atoms with Crippen LogP contribution in [0.3, 0.4) is 0 Å². The van der Waals surface area contributed by atoms with Gasteiger partial charge in [-0.2, -0.15) is 23.3 Å². The van der Waals surface area contributed by atoms with Crippen molar-refractivity contribution in [2.24, 2.45) is 13.0 Å². The highest BCUT2D eigenvalue weighted by Crippen LogP contribution is 2.38. The molecule has 6 nitrogen and oxygen atoms in total. The second-order valence-corrected chi connectivity index (χ2v) is 6.21. The molecular weight excluding hydrogens is 311 g/mol. The summed E-state index contributed by atoms with van der Waals surface area (Å²) in [6.07, 6.45) is -3.18. The van der Waals surface area contributed by atoms with Crippen molar-refractivity contribution >= 4 is 17.0 Å². The van der Waals surface area contributed by atoms with Crippen LogP contribution in [0.25, 0.3) is 11.0 Å². The number of aryl methyl sites for hydroxylation is 1.